The molecule has 0 saturated heterocycles. The quantitative estimate of drug-likeness (QED) is 0.868. The van der Waals surface area contributed by atoms with Gasteiger partial charge in [-0.05, 0) is 30.7 Å². The van der Waals surface area contributed by atoms with Gasteiger partial charge in [-0.2, -0.15) is 0 Å². The van der Waals surface area contributed by atoms with E-state index in [0.717, 1.165) is 11.3 Å². The second-order valence-corrected chi connectivity index (χ2v) is 3.68. The number of carbonyl (C=O) groups excluding carboxylic acids is 1. The topological polar surface area (TPSA) is 54.9 Å². The normalized spacial score (nSPS) is 9.94. The van der Waals surface area contributed by atoms with E-state index in [1.54, 1.807) is 30.7 Å². The molecule has 0 bridgehead atoms. The fraction of sp³-hybridized carbons (Fsp3) is 0.154. The number of aromatic nitrogens is 2. The van der Waals surface area contributed by atoms with Crippen molar-refractivity contribution in [3.63, 3.8) is 0 Å². The fourth-order valence-corrected chi connectivity index (χ4v) is 1.50. The molecule has 2 heterocycles. The largest absolute Gasteiger partial charge is 0.348 e. The van der Waals surface area contributed by atoms with E-state index in [2.05, 4.69) is 15.3 Å². The van der Waals surface area contributed by atoms with Crippen LogP contribution < -0.4 is 5.32 Å². The molecule has 0 saturated carbocycles. The molecular formula is C13H13N3O. The van der Waals surface area contributed by atoms with Gasteiger partial charge in [0.25, 0.3) is 5.91 Å². The molecule has 2 aromatic heterocycles. The summed E-state index contributed by atoms with van der Waals surface area (Å²) in [7, 11) is 0. The number of hydrogen-bond donors (Lipinski definition) is 1. The lowest BCUT2D eigenvalue weighted by Crippen LogP contribution is -2.23. The highest BCUT2D eigenvalue weighted by Gasteiger charge is 2.08. The maximum atomic E-state index is 11.9. The summed E-state index contributed by atoms with van der Waals surface area (Å²) in [6.45, 7) is 2.29. The second-order valence-electron chi connectivity index (χ2n) is 3.68. The van der Waals surface area contributed by atoms with E-state index in [1.807, 2.05) is 19.1 Å². The van der Waals surface area contributed by atoms with Crippen molar-refractivity contribution in [1.82, 2.24) is 15.3 Å². The van der Waals surface area contributed by atoms with Crippen LogP contribution in [0.15, 0.2) is 42.9 Å². The Labute approximate surface area is 99.7 Å². The summed E-state index contributed by atoms with van der Waals surface area (Å²) >= 11 is 0. The number of nitrogens with one attached hydrogen (secondary N) is 1. The summed E-state index contributed by atoms with van der Waals surface area (Å²) in [5, 5.41) is 2.84. The van der Waals surface area contributed by atoms with Crippen molar-refractivity contribution < 1.29 is 4.79 Å². The fourth-order valence-electron chi connectivity index (χ4n) is 1.50. The van der Waals surface area contributed by atoms with Crippen LogP contribution in [0.1, 0.15) is 21.6 Å². The van der Waals surface area contributed by atoms with Gasteiger partial charge in [-0.1, -0.05) is 6.07 Å². The van der Waals surface area contributed by atoms with Crippen molar-refractivity contribution in [2.75, 3.05) is 0 Å². The molecule has 0 radical (unpaired) electrons. The molecule has 4 nitrogen and oxygen atoms in total. The highest BCUT2D eigenvalue weighted by atomic mass is 16.1. The zero-order valence-corrected chi connectivity index (χ0v) is 9.55. The van der Waals surface area contributed by atoms with Crippen LogP contribution in [0.25, 0.3) is 0 Å². The number of aryl methyl sites for hydroxylation is 1. The average molecular weight is 227 g/mol. The van der Waals surface area contributed by atoms with E-state index in [1.165, 1.54) is 0 Å². The predicted molar refractivity (Wildman–Crippen MR) is 64.4 cm³/mol. The molecular weight excluding hydrogens is 214 g/mol. The Bertz CT molecular complexity index is 511. The Morgan fingerprint density at radius 1 is 1.29 bits per heavy atom. The van der Waals surface area contributed by atoms with Crippen molar-refractivity contribution in [3.05, 3.63) is 59.7 Å². The number of carbonyl (C=O) groups is 1. The second kappa shape index (κ2) is 5.21. The Balaban J connectivity index is 2.01. The molecule has 2 rings (SSSR count). The van der Waals surface area contributed by atoms with Crippen LogP contribution in [-0.4, -0.2) is 15.9 Å². The van der Waals surface area contributed by atoms with Crippen LogP contribution in [0.2, 0.25) is 0 Å². The molecule has 0 spiro atoms. The molecule has 86 valence electrons. The Hall–Kier alpha value is -2.23. The third-order valence-electron chi connectivity index (χ3n) is 2.43. The summed E-state index contributed by atoms with van der Waals surface area (Å²) in [5.41, 5.74) is 2.31. The summed E-state index contributed by atoms with van der Waals surface area (Å²) in [4.78, 5) is 19.9. The first-order valence-electron chi connectivity index (χ1n) is 5.36. The number of hydrogen-bond acceptors (Lipinski definition) is 3. The SMILES string of the molecule is Cc1ncccc1C(=O)NCc1cccnc1. The van der Waals surface area contributed by atoms with Gasteiger partial charge in [-0.15, -0.1) is 0 Å². The molecule has 2 aromatic rings. The van der Waals surface area contributed by atoms with Crippen molar-refractivity contribution in [2.24, 2.45) is 0 Å². The van der Waals surface area contributed by atoms with E-state index in [4.69, 9.17) is 0 Å². The van der Waals surface area contributed by atoms with Crippen molar-refractivity contribution in [3.8, 4) is 0 Å². The zero-order chi connectivity index (χ0) is 12.1. The maximum Gasteiger partial charge on any atom is 0.253 e. The smallest absolute Gasteiger partial charge is 0.253 e. The Morgan fingerprint density at radius 3 is 2.82 bits per heavy atom. The minimum atomic E-state index is -0.112. The molecule has 4 heteroatoms. The highest BCUT2D eigenvalue weighted by Crippen LogP contribution is 2.04. The standard InChI is InChI=1S/C13H13N3O/c1-10-12(5-3-7-15-10)13(17)16-9-11-4-2-6-14-8-11/h2-8H,9H2,1H3,(H,16,17). The highest BCUT2D eigenvalue weighted by molar-refractivity contribution is 5.95. The summed E-state index contributed by atoms with van der Waals surface area (Å²) in [6.07, 6.45) is 5.11. The number of nitrogens with zero attached hydrogens (tertiary/aromatic N) is 2. The molecule has 1 amide bonds. The van der Waals surface area contributed by atoms with E-state index in [-0.39, 0.29) is 5.91 Å². The molecule has 0 aliphatic carbocycles. The van der Waals surface area contributed by atoms with Crippen LogP contribution in [0.4, 0.5) is 0 Å². The third-order valence-corrected chi connectivity index (χ3v) is 2.43. The molecule has 0 aliphatic rings. The van der Waals surface area contributed by atoms with Gasteiger partial charge in [0.15, 0.2) is 0 Å². The summed E-state index contributed by atoms with van der Waals surface area (Å²) < 4.78 is 0. The number of amides is 1. The van der Waals surface area contributed by atoms with Crippen LogP contribution in [0.3, 0.4) is 0 Å². The summed E-state index contributed by atoms with van der Waals surface area (Å²) in [6, 6.07) is 7.28. The van der Waals surface area contributed by atoms with Crippen LogP contribution in [0, 0.1) is 6.92 Å². The van der Waals surface area contributed by atoms with Crippen LogP contribution >= 0.6 is 0 Å². The molecule has 0 fully saturated rings. The van der Waals surface area contributed by atoms with Gasteiger partial charge >= 0.3 is 0 Å². The van der Waals surface area contributed by atoms with Gasteiger partial charge in [-0.3, -0.25) is 14.8 Å². The zero-order valence-electron chi connectivity index (χ0n) is 9.55. The van der Waals surface area contributed by atoms with Gasteiger partial charge in [0.1, 0.15) is 0 Å². The maximum absolute atomic E-state index is 11.9. The third kappa shape index (κ3) is 2.87. The molecule has 0 atom stereocenters. The minimum absolute atomic E-state index is 0.112. The lowest BCUT2D eigenvalue weighted by molar-refractivity contribution is 0.0950. The lowest BCUT2D eigenvalue weighted by Gasteiger charge is -2.06. The first-order chi connectivity index (χ1) is 8.27. The van der Waals surface area contributed by atoms with Gasteiger partial charge in [-0.25, -0.2) is 0 Å². The number of pyridine rings is 2. The lowest BCUT2D eigenvalue weighted by atomic mass is 10.2. The van der Waals surface area contributed by atoms with Crippen LogP contribution in [-0.2, 0) is 6.54 Å². The van der Waals surface area contributed by atoms with Gasteiger partial charge in [0, 0.05) is 30.8 Å². The van der Waals surface area contributed by atoms with E-state index < -0.39 is 0 Å². The number of rotatable bonds is 3. The van der Waals surface area contributed by atoms with Crippen LogP contribution in [0.5, 0.6) is 0 Å². The van der Waals surface area contributed by atoms with E-state index >= 15 is 0 Å². The van der Waals surface area contributed by atoms with Crippen molar-refractivity contribution >= 4 is 5.91 Å². The van der Waals surface area contributed by atoms with Gasteiger partial charge < -0.3 is 5.32 Å². The Kier molecular flexibility index (Phi) is 3.45. The monoisotopic (exact) mass is 227 g/mol. The van der Waals surface area contributed by atoms with Crippen molar-refractivity contribution in [2.45, 2.75) is 13.5 Å². The first kappa shape index (κ1) is 11.3. The first-order valence-corrected chi connectivity index (χ1v) is 5.36. The van der Waals surface area contributed by atoms with E-state index in [9.17, 15) is 4.79 Å². The van der Waals surface area contributed by atoms with E-state index in [0.29, 0.717) is 12.1 Å². The average Bonchev–Trinajstić information content (AvgIpc) is 2.38. The molecule has 0 aromatic carbocycles. The summed E-state index contributed by atoms with van der Waals surface area (Å²) in [5.74, 6) is -0.112. The van der Waals surface area contributed by atoms with Crippen molar-refractivity contribution in [1.29, 1.82) is 0 Å². The predicted octanol–water partition coefficient (Wildman–Crippen LogP) is 1.72. The molecule has 1 N–H and O–H groups in total. The Morgan fingerprint density at radius 2 is 2.12 bits per heavy atom. The molecule has 0 aliphatic heterocycles. The van der Waals surface area contributed by atoms with Gasteiger partial charge in [0.2, 0.25) is 0 Å². The molecule has 0 unspecified atom stereocenters. The van der Waals surface area contributed by atoms with Gasteiger partial charge in [0.05, 0.1) is 5.56 Å². The molecule has 17 heavy (non-hydrogen) atoms. The minimum Gasteiger partial charge on any atom is -0.348 e.